The second-order valence-electron chi connectivity index (χ2n) is 2.31. The standard InChI is InChI=1S/C7H17NO3/c1-6(10-2)7(5-8)11-4-3-9/h6-7,9H,3-5,8H2,1-2H3. The normalized spacial score (nSPS) is 16.4. The Labute approximate surface area is 67.3 Å². The van der Waals surface area contributed by atoms with Crippen LogP contribution in [0.15, 0.2) is 0 Å². The van der Waals surface area contributed by atoms with Crippen LogP contribution in [-0.2, 0) is 9.47 Å². The van der Waals surface area contributed by atoms with Crippen molar-refractivity contribution in [1.82, 2.24) is 0 Å². The molecule has 0 aromatic carbocycles. The lowest BCUT2D eigenvalue weighted by molar-refractivity contribution is -0.0515. The molecule has 0 radical (unpaired) electrons. The molecule has 0 amide bonds. The predicted molar refractivity (Wildman–Crippen MR) is 42.4 cm³/mol. The van der Waals surface area contributed by atoms with Gasteiger partial charge in [-0.1, -0.05) is 0 Å². The van der Waals surface area contributed by atoms with Crippen LogP contribution in [0.3, 0.4) is 0 Å². The van der Waals surface area contributed by atoms with E-state index in [0.29, 0.717) is 13.2 Å². The van der Waals surface area contributed by atoms with Crippen molar-refractivity contribution in [1.29, 1.82) is 0 Å². The van der Waals surface area contributed by atoms with Gasteiger partial charge in [-0.2, -0.15) is 0 Å². The van der Waals surface area contributed by atoms with E-state index in [1.54, 1.807) is 7.11 Å². The van der Waals surface area contributed by atoms with Crippen LogP contribution in [0.25, 0.3) is 0 Å². The van der Waals surface area contributed by atoms with Crippen molar-refractivity contribution in [3.63, 3.8) is 0 Å². The van der Waals surface area contributed by atoms with Crippen molar-refractivity contribution >= 4 is 0 Å². The number of hydrogen-bond donors (Lipinski definition) is 2. The van der Waals surface area contributed by atoms with Gasteiger partial charge in [-0.3, -0.25) is 0 Å². The Morgan fingerprint density at radius 1 is 1.55 bits per heavy atom. The zero-order chi connectivity index (χ0) is 8.69. The van der Waals surface area contributed by atoms with Crippen LogP contribution >= 0.6 is 0 Å². The number of ether oxygens (including phenoxy) is 2. The van der Waals surface area contributed by atoms with E-state index in [4.69, 9.17) is 20.3 Å². The largest absolute Gasteiger partial charge is 0.394 e. The zero-order valence-corrected chi connectivity index (χ0v) is 7.12. The fourth-order valence-corrected chi connectivity index (χ4v) is 0.751. The van der Waals surface area contributed by atoms with E-state index in [0.717, 1.165) is 0 Å². The van der Waals surface area contributed by atoms with Crippen LogP contribution in [0.1, 0.15) is 6.92 Å². The van der Waals surface area contributed by atoms with Gasteiger partial charge >= 0.3 is 0 Å². The predicted octanol–water partition coefficient (Wildman–Crippen LogP) is -0.642. The quantitative estimate of drug-likeness (QED) is 0.546. The van der Waals surface area contributed by atoms with Crippen LogP contribution in [0, 0.1) is 0 Å². The summed E-state index contributed by atoms with van der Waals surface area (Å²) < 4.78 is 10.2. The summed E-state index contributed by atoms with van der Waals surface area (Å²) in [5, 5.41) is 8.46. The molecule has 0 rings (SSSR count). The minimum absolute atomic E-state index is 0.0208. The molecule has 3 N–H and O–H groups in total. The fraction of sp³-hybridized carbons (Fsp3) is 1.00. The monoisotopic (exact) mass is 163 g/mol. The highest BCUT2D eigenvalue weighted by Gasteiger charge is 2.14. The highest BCUT2D eigenvalue weighted by atomic mass is 16.5. The summed E-state index contributed by atoms with van der Waals surface area (Å²) in [7, 11) is 1.61. The second-order valence-corrected chi connectivity index (χ2v) is 2.31. The molecule has 0 saturated carbocycles. The van der Waals surface area contributed by atoms with Crippen LogP contribution < -0.4 is 5.73 Å². The average molecular weight is 163 g/mol. The summed E-state index contributed by atoms with van der Waals surface area (Å²) >= 11 is 0. The maximum Gasteiger partial charge on any atom is 0.0956 e. The maximum atomic E-state index is 8.46. The Kier molecular flexibility index (Phi) is 6.45. The third kappa shape index (κ3) is 4.31. The molecule has 0 aromatic heterocycles. The third-order valence-corrected chi connectivity index (χ3v) is 1.55. The van der Waals surface area contributed by atoms with Gasteiger partial charge in [-0.25, -0.2) is 0 Å². The molecule has 2 atom stereocenters. The smallest absolute Gasteiger partial charge is 0.0956 e. The van der Waals surface area contributed by atoms with Crippen LogP contribution in [0.2, 0.25) is 0 Å². The molecule has 0 bridgehead atoms. The summed E-state index contributed by atoms with van der Waals surface area (Å²) in [6, 6.07) is 0. The van der Waals surface area contributed by atoms with E-state index in [9.17, 15) is 0 Å². The molecule has 0 aromatic rings. The molecule has 4 nitrogen and oxygen atoms in total. The van der Waals surface area contributed by atoms with E-state index in [-0.39, 0.29) is 18.8 Å². The van der Waals surface area contributed by atoms with Gasteiger partial charge < -0.3 is 20.3 Å². The van der Waals surface area contributed by atoms with Gasteiger partial charge in [0, 0.05) is 13.7 Å². The van der Waals surface area contributed by atoms with E-state index in [2.05, 4.69) is 0 Å². The Bertz CT molecular complexity index is 89.8. The minimum Gasteiger partial charge on any atom is -0.394 e. The highest BCUT2D eigenvalue weighted by Crippen LogP contribution is 2.00. The lowest BCUT2D eigenvalue weighted by Gasteiger charge is -2.20. The first kappa shape index (κ1) is 10.8. The Balaban J connectivity index is 3.56. The van der Waals surface area contributed by atoms with Gasteiger partial charge in [0.2, 0.25) is 0 Å². The topological polar surface area (TPSA) is 64.7 Å². The minimum atomic E-state index is -0.118. The van der Waals surface area contributed by atoms with Crippen LogP contribution in [0.4, 0.5) is 0 Å². The number of aliphatic hydroxyl groups excluding tert-OH is 1. The molecule has 0 heterocycles. The molecular weight excluding hydrogens is 146 g/mol. The lowest BCUT2D eigenvalue weighted by atomic mass is 10.2. The molecule has 11 heavy (non-hydrogen) atoms. The van der Waals surface area contributed by atoms with E-state index in [1.165, 1.54) is 0 Å². The van der Waals surface area contributed by atoms with Crippen molar-refractivity contribution in [3.05, 3.63) is 0 Å². The Morgan fingerprint density at radius 3 is 2.55 bits per heavy atom. The summed E-state index contributed by atoms with van der Waals surface area (Å²) in [6.07, 6.45) is -0.140. The number of methoxy groups -OCH3 is 1. The molecule has 0 saturated heterocycles. The van der Waals surface area contributed by atoms with Gasteiger partial charge in [-0.05, 0) is 6.92 Å². The van der Waals surface area contributed by atoms with Crippen molar-refractivity contribution in [2.75, 3.05) is 26.9 Å². The lowest BCUT2D eigenvalue weighted by Crippen LogP contribution is -2.36. The molecule has 0 aliphatic rings. The first-order valence-corrected chi connectivity index (χ1v) is 3.71. The van der Waals surface area contributed by atoms with Gasteiger partial charge in [0.1, 0.15) is 0 Å². The summed E-state index contributed by atoms with van der Waals surface area (Å²) in [5.74, 6) is 0. The van der Waals surface area contributed by atoms with E-state index in [1.807, 2.05) is 6.92 Å². The zero-order valence-electron chi connectivity index (χ0n) is 7.12. The van der Waals surface area contributed by atoms with Crippen LogP contribution in [0.5, 0.6) is 0 Å². The maximum absolute atomic E-state index is 8.46. The van der Waals surface area contributed by atoms with Gasteiger partial charge in [0.25, 0.3) is 0 Å². The number of hydrogen-bond acceptors (Lipinski definition) is 4. The fourth-order valence-electron chi connectivity index (χ4n) is 0.751. The van der Waals surface area contributed by atoms with Gasteiger partial charge in [0.15, 0.2) is 0 Å². The first-order valence-electron chi connectivity index (χ1n) is 3.71. The SMILES string of the molecule is COC(C)C(CN)OCCO. The Hall–Kier alpha value is -0.160. The summed E-state index contributed by atoms with van der Waals surface area (Å²) in [4.78, 5) is 0. The molecule has 0 aliphatic carbocycles. The van der Waals surface area contributed by atoms with Crippen molar-refractivity contribution in [2.45, 2.75) is 19.1 Å². The van der Waals surface area contributed by atoms with Crippen LogP contribution in [-0.4, -0.2) is 44.2 Å². The number of rotatable bonds is 6. The van der Waals surface area contributed by atoms with Crippen molar-refractivity contribution in [2.24, 2.45) is 5.73 Å². The van der Waals surface area contributed by atoms with Crippen molar-refractivity contribution < 1.29 is 14.6 Å². The second kappa shape index (κ2) is 6.54. The first-order chi connectivity index (χ1) is 5.26. The molecule has 68 valence electrons. The third-order valence-electron chi connectivity index (χ3n) is 1.55. The summed E-state index contributed by atoms with van der Waals surface area (Å²) in [6.45, 7) is 2.63. The van der Waals surface area contributed by atoms with E-state index >= 15 is 0 Å². The Morgan fingerprint density at radius 2 is 2.18 bits per heavy atom. The molecule has 0 spiro atoms. The summed E-state index contributed by atoms with van der Waals surface area (Å²) in [5.41, 5.74) is 5.40. The molecular formula is C7H17NO3. The van der Waals surface area contributed by atoms with Crippen molar-refractivity contribution in [3.8, 4) is 0 Å². The molecule has 0 aliphatic heterocycles. The number of aliphatic hydroxyl groups is 1. The number of nitrogens with two attached hydrogens (primary N) is 1. The van der Waals surface area contributed by atoms with E-state index < -0.39 is 0 Å². The van der Waals surface area contributed by atoms with Gasteiger partial charge in [-0.15, -0.1) is 0 Å². The highest BCUT2D eigenvalue weighted by molar-refractivity contribution is 4.66. The molecule has 4 heteroatoms. The molecule has 2 unspecified atom stereocenters. The average Bonchev–Trinajstić information content (AvgIpc) is 2.05. The molecule has 0 fully saturated rings. The van der Waals surface area contributed by atoms with Gasteiger partial charge in [0.05, 0.1) is 25.4 Å².